The van der Waals surface area contributed by atoms with E-state index in [1.807, 2.05) is 0 Å². The monoisotopic (exact) mass is 396 g/mol. The van der Waals surface area contributed by atoms with Crippen LogP contribution in [0.2, 0.25) is 0 Å². The van der Waals surface area contributed by atoms with E-state index in [2.05, 4.69) is 5.32 Å². The van der Waals surface area contributed by atoms with E-state index in [-0.39, 0.29) is 18.7 Å². The molecule has 1 amide bonds. The zero-order valence-electron chi connectivity index (χ0n) is 14.3. The second-order valence-corrected chi connectivity index (χ2v) is 8.03. The molecule has 3 rings (SSSR count). The minimum absolute atomic E-state index is 0.0890. The van der Waals surface area contributed by atoms with E-state index in [0.29, 0.717) is 12.0 Å². The Bertz CT molecular complexity index is 980. The molecule has 1 aliphatic heterocycles. The second-order valence-electron chi connectivity index (χ2n) is 6.20. The number of anilines is 1. The van der Waals surface area contributed by atoms with Crippen LogP contribution >= 0.6 is 0 Å². The van der Waals surface area contributed by atoms with E-state index < -0.39 is 44.6 Å². The van der Waals surface area contributed by atoms with Crippen molar-refractivity contribution in [3.63, 3.8) is 0 Å². The summed E-state index contributed by atoms with van der Waals surface area (Å²) in [7, 11) is -4.19. The van der Waals surface area contributed by atoms with Crippen LogP contribution in [0.4, 0.5) is 10.1 Å². The van der Waals surface area contributed by atoms with Gasteiger partial charge in [0.1, 0.15) is 11.9 Å². The Morgan fingerprint density at radius 2 is 2.04 bits per heavy atom. The van der Waals surface area contributed by atoms with Crippen LogP contribution < -0.4 is 5.32 Å². The van der Waals surface area contributed by atoms with E-state index in [1.54, 1.807) is 13.0 Å². The second kappa shape index (κ2) is 7.12. The third-order valence-corrected chi connectivity index (χ3v) is 5.95. The standard InChI is InChI=1S/C17H17FN2O6S/c1-10-7-11(18)9-12(8-10)19-16(21)13-3-2-6-20(13)27(24,25)15-5-4-14(26-15)17(22)23/h4-5,7-9,13H,2-3,6H2,1H3,(H,19,21)(H,22,23). The molecule has 0 radical (unpaired) electrons. The molecule has 1 aromatic heterocycles. The Balaban J connectivity index is 1.83. The van der Waals surface area contributed by atoms with Gasteiger partial charge in [0, 0.05) is 12.2 Å². The molecule has 2 N–H and O–H groups in total. The number of carboxylic acids is 1. The average Bonchev–Trinajstić information content (AvgIpc) is 3.24. The fourth-order valence-corrected chi connectivity index (χ4v) is 4.59. The molecular formula is C17H17FN2O6S. The number of nitrogens with one attached hydrogen (secondary N) is 1. The predicted octanol–water partition coefficient (Wildman–Crippen LogP) is 2.22. The molecule has 0 aliphatic carbocycles. The number of aromatic carboxylic acids is 1. The third-order valence-electron chi connectivity index (χ3n) is 4.17. The number of rotatable bonds is 5. The molecule has 0 spiro atoms. The van der Waals surface area contributed by atoms with Crippen molar-refractivity contribution < 1.29 is 31.9 Å². The van der Waals surface area contributed by atoms with Gasteiger partial charge in [0.05, 0.1) is 0 Å². The molecule has 1 fully saturated rings. The third kappa shape index (κ3) is 3.86. The largest absolute Gasteiger partial charge is 0.475 e. The number of furan rings is 1. The van der Waals surface area contributed by atoms with Crippen molar-refractivity contribution in [1.82, 2.24) is 4.31 Å². The molecule has 2 aromatic rings. The summed E-state index contributed by atoms with van der Waals surface area (Å²) in [6.45, 7) is 1.76. The summed E-state index contributed by atoms with van der Waals surface area (Å²) in [4.78, 5) is 23.5. The van der Waals surface area contributed by atoms with Gasteiger partial charge in [-0.25, -0.2) is 17.6 Å². The van der Waals surface area contributed by atoms with E-state index in [4.69, 9.17) is 9.52 Å². The predicted molar refractivity (Wildman–Crippen MR) is 92.3 cm³/mol. The highest BCUT2D eigenvalue weighted by atomic mass is 32.2. The van der Waals surface area contributed by atoms with Gasteiger partial charge < -0.3 is 14.8 Å². The van der Waals surface area contributed by atoms with E-state index in [9.17, 15) is 22.4 Å². The Morgan fingerprint density at radius 3 is 2.67 bits per heavy atom. The molecule has 1 aliphatic rings. The van der Waals surface area contributed by atoms with Crippen LogP contribution in [-0.4, -0.2) is 42.3 Å². The quantitative estimate of drug-likeness (QED) is 0.800. The first-order valence-electron chi connectivity index (χ1n) is 8.11. The maximum Gasteiger partial charge on any atom is 0.371 e. The Morgan fingerprint density at radius 1 is 1.30 bits per heavy atom. The molecule has 1 unspecified atom stereocenters. The van der Waals surface area contributed by atoms with Crippen molar-refractivity contribution >= 4 is 27.6 Å². The van der Waals surface area contributed by atoms with Crippen LogP contribution in [0.15, 0.2) is 39.8 Å². The Kier molecular flexibility index (Phi) is 5.03. The van der Waals surface area contributed by atoms with Crippen LogP contribution in [0.5, 0.6) is 0 Å². The molecule has 1 aromatic carbocycles. The smallest absolute Gasteiger partial charge is 0.371 e. The number of nitrogens with zero attached hydrogens (tertiary/aromatic N) is 1. The number of amides is 1. The summed E-state index contributed by atoms with van der Waals surface area (Å²) in [5.41, 5.74) is 0.839. The summed E-state index contributed by atoms with van der Waals surface area (Å²) < 4.78 is 44.8. The van der Waals surface area contributed by atoms with Gasteiger partial charge in [0.15, 0.2) is 0 Å². The van der Waals surface area contributed by atoms with Gasteiger partial charge >= 0.3 is 5.97 Å². The SMILES string of the molecule is Cc1cc(F)cc(NC(=O)C2CCCN2S(=O)(=O)c2ccc(C(=O)O)o2)c1. The zero-order valence-corrected chi connectivity index (χ0v) is 15.1. The summed E-state index contributed by atoms with van der Waals surface area (Å²) in [6, 6.07) is 5.10. The lowest BCUT2D eigenvalue weighted by Gasteiger charge is -2.22. The van der Waals surface area contributed by atoms with Crippen LogP contribution in [-0.2, 0) is 14.8 Å². The van der Waals surface area contributed by atoms with E-state index >= 15 is 0 Å². The van der Waals surface area contributed by atoms with Crippen molar-refractivity contribution in [2.45, 2.75) is 30.9 Å². The highest BCUT2D eigenvalue weighted by Crippen LogP contribution is 2.28. The molecule has 1 saturated heterocycles. The molecule has 0 bridgehead atoms. The Labute approximate surface area is 154 Å². The van der Waals surface area contributed by atoms with Gasteiger partial charge in [-0.15, -0.1) is 0 Å². The highest BCUT2D eigenvalue weighted by Gasteiger charge is 2.41. The minimum atomic E-state index is -4.19. The van der Waals surface area contributed by atoms with Gasteiger partial charge in [-0.3, -0.25) is 4.79 Å². The average molecular weight is 396 g/mol. The number of hydrogen-bond acceptors (Lipinski definition) is 5. The number of aryl methyl sites for hydroxylation is 1. The number of halogens is 1. The number of benzene rings is 1. The fraction of sp³-hybridized carbons (Fsp3) is 0.294. The zero-order chi connectivity index (χ0) is 19.8. The number of hydrogen-bond donors (Lipinski definition) is 2. The van der Waals surface area contributed by atoms with Gasteiger partial charge in [0.25, 0.3) is 10.0 Å². The summed E-state index contributed by atoms with van der Waals surface area (Å²) in [6.07, 6.45) is 0.734. The lowest BCUT2D eigenvalue weighted by molar-refractivity contribution is -0.119. The molecule has 0 saturated carbocycles. The van der Waals surface area contributed by atoms with Crippen molar-refractivity contribution in [2.24, 2.45) is 0 Å². The molecular weight excluding hydrogens is 379 g/mol. The number of carbonyl (C=O) groups is 2. The molecule has 144 valence electrons. The van der Waals surface area contributed by atoms with Gasteiger partial charge in [0.2, 0.25) is 16.8 Å². The summed E-state index contributed by atoms with van der Waals surface area (Å²) in [5, 5.41) is 10.9. The normalized spacial score (nSPS) is 17.8. The van der Waals surface area contributed by atoms with Gasteiger partial charge in [-0.1, -0.05) is 0 Å². The van der Waals surface area contributed by atoms with E-state index in [1.165, 1.54) is 6.07 Å². The number of carbonyl (C=O) groups excluding carboxylic acids is 1. The van der Waals surface area contributed by atoms with Crippen molar-refractivity contribution in [3.05, 3.63) is 47.5 Å². The molecule has 27 heavy (non-hydrogen) atoms. The van der Waals surface area contributed by atoms with Crippen molar-refractivity contribution in [2.75, 3.05) is 11.9 Å². The first-order chi connectivity index (χ1) is 12.7. The molecule has 1 atom stereocenters. The highest BCUT2D eigenvalue weighted by molar-refractivity contribution is 7.89. The van der Waals surface area contributed by atoms with Crippen molar-refractivity contribution in [1.29, 1.82) is 0 Å². The van der Waals surface area contributed by atoms with Gasteiger partial charge in [-0.05, 0) is 55.7 Å². The van der Waals surface area contributed by atoms with Crippen LogP contribution in [0.25, 0.3) is 0 Å². The lowest BCUT2D eigenvalue weighted by atomic mass is 10.2. The van der Waals surface area contributed by atoms with Crippen LogP contribution in [0.3, 0.4) is 0 Å². The first kappa shape index (κ1) is 19.1. The maximum atomic E-state index is 13.5. The Hall–Kier alpha value is -2.72. The molecule has 8 nitrogen and oxygen atoms in total. The fourth-order valence-electron chi connectivity index (χ4n) is 3.01. The number of sulfonamides is 1. The van der Waals surface area contributed by atoms with Crippen LogP contribution in [0, 0.1) is 12.7 Å². The van der Waals surface area contributed by atoms with E-state index in [0.717, 1.165) is 22.5 Å². The summed E-state index contributed by atoms with van der Waals surface area (Å²) in [5.74, 6) is -3.01. The number of carboxylic acid groups (broad SMARTS) is 1. The first-order valence-corrected chi connectivity index (χ1v) is 9.55. The lowest BCUT2D eigenvalue weighted by Crippen LogP contribution is -2.43. The maximum absolute atomic E-state index is 13.5. The molecule has 2 heterocycles. The van der Waals surface area contributed by atoms with Gasteiger partial charge in [-0.2, -0.15) is 4.31 Å². The topological polar surface area (TPSA) is 117 Å². The molecule has 10 heteroatoms. The summed E-state index contributed by atoms with van der Waals surface area (Å²) >= 11 is 0. The minimum Gasteiger partial charge on any atom is -0.475 e. The van der Waals surface area contributed by atoms with Crippen LogP contribution in [0.1, 0.15) is 29.0 Å². The van der Waals surface area contributed by atoms with Crippen molar-refractivity contribution in [3.8, 4) is 0 Å².